The predicted octanol–water partition coefficient (Wildman–Crippen LogP) is 14.4. The second-order valence-electron chi connectivity index (χ2n) is 15.4. The van der Waals surface area contributed by atoms with Crippen LogP contribution >= 0.6 is 0 Å². The highest BCUT2D eigenvalue weighted by molar-refractivity contribution is 6.16. The van der Waals surface area contributed by atoms with E-state index in [9.17, 15) is 0 Å². The molecule has 11 rings (SSSR count). The van der Waals surface area contributed by atoms with Gasteiger partial charge in [0.2, 0.25) is 0 Å². The average molecular weight is 794 g/mol. The summed E-state index contributed by atoms with van der Waals surface area (Å²) in [6.45, 7) is 0. The van der Waals surface area contributed by atoms with Crippen molar-refractivity contribution in [2.75, 3.05) is 4.90 Å². The predicted molar refractivity (Wildman–Crippen MR) is 261 cm³/mol. The molecule has 0 bridgehead atoms. The molecular formula is C57H39N5. The number of rotatable bonds is 6. The molecule has 0 aliphatic carbocycles. The van der Waals surface area contributed by atoms with Crippen molar-refractivity contribution in [3.8, 4) is 16.8 Å². The minimum atomic E-state index is 0.150. The van der Waals surface area contributed by atoms with Gasteiger partial charge in [0.1, 0.15) is 0 Å². The van der Waals surface area contributed by atoms with E-state index < -0.39 is 0 Å². The Hall–Kier alpha value is -8.41. The smallest absolute Gasteiger partial charge is 0.161 e. The number of benzene rings is 9. The van der Waals surface area contributed by atoms with E-state index in [0.717, 1.165) is 83.5 Å². The average Bonchev–Trinajstić information content (AvgIpc) is 3.58. The largest absolute Gasteiger partial charge is 0.309 e. The van der Waals surface area contributed by atoms with Crippen molar-refractivity contribution in [3.63, 3.8) is 0 Å². The molecule has 5 heteroatoms. The van der Waals surface area contributed by atoms with Crippen LogP contribution in [-0.2, 0) is 0 Å². The third-order valence-electron chi connectivity index (χ3n) is 11.7. The lowest BCUT2D eigenvalue weighted by Gasteiger charge is -2.27. The molecule has 0 radical (unpaired) electrons. The summed E-state index contributed by atoms with van der Waals surface area (Å²) in [5.41, 5.74) is 13.6. The van der Waals surface area contributed by atoms with Gasteiger partial charge in [0.25, 0.3) is 0 Å². The fourth-order valence-electron chi connectivity index (χ4n) is 8.79. The monoisotopic (exact) mass is 793 g/mol. The first-order chi connectivity index (χ1) is 30.7. The molecule has 0 amide bonds. The lowest BCUT2D eigenvalue weighted by molar-refractivity contribution is 1.18. The van der Waals surface area contributed by atoms with Gasteiger partial charge in [0, 0.05) is 45.1 Å². The summed E-state index contributed by atoms with van der Waals surface area (Å²) in [6, 6.07) is 73.8. The van der Waals surface area contributed by atoms with Crippen LogP contribution in [0.1, 0.15) is 27.8 Å². The number of nitrogens with zero attached hydrogens (tertiary/aromatic N) is 4. The molecule has 1 N–H and O–H groups in total. The first-order valence-corrected chi connectivity index (χ1v) is 20.8. The molecule has 0 saturated heterocycles. The molecule has 10 aromatic rings. The summed E-state index contributed by atoms with van der Waals surface area (Å²) in [4.78, 5) is 12.1. The van der Waals surface area contributed by atoms with Crippen LogP contribution in [0.5, 0.6) is 0 Å². The molecule has 0 unspecified atom stereocenters. The molecule has 1 aliphatic rings. The van der Waals surface area contributed by atoms with Crippen LogP contribution < -0.4 is 4.90 Å². The molecule has 0 atom stereocenters. The van der Waals surface area contributed by atoms with Crippen LogP contribution in [0.4, 0.5) is 17.1 Å². The van der Waals surface area contributed by atoms with Crippen LogP contribution in [0.25, 0.3) is 61.5 Å². The van der Waals surface area contributed by atoms with Gasteiger partial charge in [-0.05, 0) is 81.6 Å². The maximum Gasteiger partial charge on any atom is 0.161 e. The van der Waals surface area contributed by atoms with E-state index in [2.05, 4.69) is 167 Å². The summed E-state index contributed by atoms with van der Waals surface area (Å²) in [5.74, 6) is 0.614. The van der Waals surface area contributed by atoms with Gasteiger partial charge in [0.05, 0.1) is 22.4 Å². The number of amidine groups is 2. The number of aromatic nitrogens is 1. The highest BCUT2D eigenvalue weighted by Crippen LogP contribution is 2.47. The van der Waals surface area contributed by atoms with E-state index in [1.165, 1.54) is 10.8 Å². The van der Waals surface area contributed by atoms with E-state index in [-0.39, 0.29) is 5.84 Å². The van der Waals surface area contributed by atoms with Crippen molar-refractivity contribution in [2.24, 2.45) is 9.98 Å². The number of anilines is 3. The molecule has 5 nitrogen and oxygen atoms in total. The summed E-state index contributed by atoms with van der Waals surface area (Å²) >= 11 is 0. The summed E-state index contributed by atoms with van der Waals surface area (Å²) < 4.78 is 2.45. The Kier molecular flexibility index (Phi) is 9.25. The van der Waals surface area contributed by atoms with Gasteiger partial charge in [-0.25, -0.2) is 9.98 Å². The molecule has 1 aliphatic heterocycles. The Morgan fingerprint density at radius 1 is 0.500 bits per heavy atom. The summed E-state index contributed by atoms with van der Waals surface area (Å²) in [7, 11) is 0. The molecule has 9 aromatic carbocycles. The molecular weight excluding hydrogens is 755 g/mol. The van der Waals surface area contributed by atoms with Crippen LogP contribution in [0.2, 0.25) is 0 Å². The van der Waals surface area contributed by atoms with Gasteiger partial charge in [-0.3, -0.25) is 5.41 Å². The first kappa shape index (κ1) is 36.7. The molecule has 1 aromatic heterocycles. The van der Waals surface area contributed by atoms with E-state index in [0.29, 0.717) is 5.84 Å². The molecule has 62 heavy (non-hydrogen) atoms. The molecule has 292 valence electrons. The van der Waals surface area contributed by atoms with Crippen LogP contribution in [0.3, 0.4) is 0 Å². The third-order valence-corrected chi connectivity index (χ3v) is 11.7. The van der Waals surface area contributed by atoms with E-state index in [1.807, 2.05) is 72.9 Å². The molecule has 0 saturated carbocycles. The number of aliphatic imine (C=N–C) groups is 2. The zero-order valence-electron chi connectivity index (χ0n) is 33.7. The highest BCUT2D eigenvalue weighted by atomic mass is 15.2. The van der Waals surface area contributed by atoms with Crippen molar-refractivity contribution in [3.05, 3.63) is 240 Å². The lowest BCUT2D eigenvalue weighted by atomic mass is 9.95. The second-order valence-corrected chi connectivity index (χ2v) is 15.4. The quantitative estimate of drug-likeness (QED) is 0.132. The summed E-state index contributed by atoms with van der Waals surface area (Å²) in [5, 5.41) is 13.6. The van der Waals surface area contributed by atoms with Gasteiger partial charge < -0.3 is 9.47 Å². The standard InChI is InChI=1S/C57H39N5/c58-56(41-20-6-2-7-21-41)60-57(59-38-39-17-4-1-5-18-39)44-24-16-23-42(35-44)51-37-46(36-43-22-10-12-27-47(43)51)62-53-30-15-13-28-48(53)49-33-34-54-50(55(49)62)32-31-40-19-11-14-29-52(40)61(54)45-25-8-3-9-26-45/h1-38,58H. The lowest BCUT2D eigenvalue weighted by Crippen LogP contribution is -2.12. The van der Waals surface area contributed by atoms with E-state index in [4.69, 9.17) is 15.4 Å². The number of hydrogen-bond donors (Lipinski definition) is 1. The first-order valence-electron chi connectivity index (χ1n) is 20.8. The minimum absolute atomic E-state index is 0.150. The number of hydrogen-bond acceptors (Lipinski definition) is 2. The van der Waals surface area contributed by atoms with Crippen LogP contribution in [0, 0.1) is 5.41 Å². The van der Waals surface area contributed by atoms with Gasteiger partial charge in [-0.15, -0.1) is 0 Å². The van der Waals surface area contributed by atoms with Crippen molar-refractivity contribution < 1.29 is 0 Å². The maximum absolute atomic E-state index is 8.97. The maximum atomic E-state index is 8.97. The summed E-state index contributed by atoms with van der Waals surface area (Å²) in [6.07, 6.45) is 6.37. The van der Waals surface area contributed by atoms with Crippen LogP contribution in [0.15, 0.2) is 222 Å². The Bertz CT molecular complexity index is 3420. The van der Waals surface area contributed by atoms with E-state index in [1.54, 1.807) is 0 Å². The van der Waals surface area contributed by atoms with Gasteiger partial charge >= 0.3 is 0 Å². The molecule has 2 heterocycles. The van der Waals surface area contributed by atoms with Crippen molar-refractivity contribution in [1.29, 1.82) is 5.41 Å². The zero-order valence-corrected chi connectivity index (χ0v) is 33.7. The zero-order chi connectivity index (χ0) is 41.4. The van der Waals surface area contributed by atoms with Crippen molar-refractivity contribution >= 4 is 79.7 Å². The van der Waals surface area contributed by atoms with Crippen LogP contribution in [-0.4, -0.2) is 22.5 Å². The van der Waals surface area contributed by atoms with Crippen molar-refractivity contribution in [1.82, 2.24) is 4.57 Å². The SMILES string of the molecule is N=C(N=C(N=Cc1ccccc1)c1cccc(-c2cc(-n3c4ccccc4c4ccc5c(c43)C=Cc3ccccc3N5c3ccccc3)cc3ccccc23)c1)c1ccccc1. The highest BCUT2D eigenvalue weighted by Gasteiger charge is 2.25. The Morgan fingerprint density at radius 2 is 1.19 bits per heavy atom. The van der Waals surface area contributed by atoms with Gasteiger partial charge in [0.15, 0.2) is 11.7 Å². The van der Waals surface area contributed by atoms with Gasteiger partial charge in [-0.2, -0.15) is 0 Å². The topological polar surface area (TPSA) is 56.7 Å². The van der Waals surface area contributed by atoms with E-state index >= 15 is 0 Å². The Labute approximate surface area is 360 Å². The number of fused-ring (bicyclic) bond motifs is 7. The molecule has 0 fully saturated rings. The van der Waals surface area contributed by atoms with Crippen molar-refractivity contribution in [2.45, 2.75) is 0 Å². The number of nitrogens with one attached hydrogen (secondary N) is 1. The number of para-hydroxylation sites is 3. The molecule has 0 spiro atoms. The fourth-order valence-corrected chi connectivity index (χ4v) is 8.79. The second kappa shape index (κ2) is 15.6. The Morgan fingerprint density at radius 3 is 2.03 bits per heavy atom. The normalized spacial score (nSPS) is 12.5. The van der Waals surface area contributed by atoms with Gasteiger partial charge in [-0.1, -0.05) is 176 Å². The minimum Gasteiger partial charge on any atom is -0.309 e. The third kappa shape index (κ3) is 6.59. The fraction of sp³-hybridized carbons (Fsp3) is 0. The Balaban J connectivity index is 1.13.